The van der Waals surface area contributed by atoms with Crippen LogP contribution >= 0.6 is 0 Å². The fourth-order valence-corrected chi connectivity index (χ4v) is 2.41. The minimum atomic E-state index is -1.02. The number of nitrogens with two attached hydrogens (primary N) is 6. The lowest BCUT2D eigenvalue weighted by Gasteiger charge is -2.54. The second kappa shape index (κ2) is 4.95. The SMILES string of the molecule is CC(N)C(N)(C(C)N)C(N)(C(C)N)C(C)N. The standard InChI is InChI=1S/C10H28N6/c1-5(11)9(15,6(2)12)10(16,7(3)13)8(4)14/h5-8H,11-16H2,1-4H3. The zero-order valence-corrected chi connectivity index (χ0v) is 10.8. The van der Waals surface area contributed by atoms with Gasteiger partial charge in [0.15, 0.2) is 0 Å². The Morgan fingerprint density at radius 3 is 0.750 bits per heavy atom. The van der Waals surface area contributed by atoms with Crippen molar-refractivity contribution < 1.29 is 0 Å². The Labute approximate surface area is 98.1 Å². The van der Waals surface area contributed by atoms with Gasteiger partial charge in [-0.1, -0.05) is 0 Å². The first kappa shape index (κ1) is 15.8. The van der Waals surface area contributed by atoms with Crippen LogP contribution < -0.4 is 34.4 Å². The lowest BCUT2D eigenvalue weighted by atomic mass is 9.63. The van der Waals surface area contributed by atoms with Crippen molar-refractivity contribution in [3.8, 4) is 0 Å². The Hall–Kier alpha value is -0.240. The molecule has 0 saturated carbocycles. The molecule has 98 valence electrons. The molecule has 0 spiro atoms. The van der Waals surface area contributed by atoms with E-state index in [-0.39, 0.29) is 0 Å². The smallest absolute Gasteiger partial charge is 0.0668 e. The van der Waals surface area contributed by atoms with Crippen molar-refractivity contribution in [3.63, 3.8) is 0 Å². The maximum atomic E-state index is 6.33. The molecule has 0 aromatic carbocycles. The van der Waals surface area contributed by atoms with E-state index in [9.17, 15) is 0 Å². The van der Waals surface area contributed by atoms with E-state index < -0.39 is 35.2 Å². The van der Waals surface area contributed by atoms with Gasteiger partial charge in [0.2, 0.25) is 0 Å². The van der Waals surface area contributed by atoms with Gasteiger partial charge < -0.3 is 34.4 Å². The molecule has 0 aromatic rings. The van der Waals surface area contributed by atoms with E-state index in [4.69, 9.17) is 34.4 Å². The van der Waals surface area contributed by atoms with Crippen LogP contribution in [0.3, 0.4) is 0 Å². The van der Waals surface area contributed by atoms with Crippen LogP contribution in [0.5, 0.6) is 0 Å². The first-order valence-corrected chi connectivity index (χ1v) is 5.62. The van der Waals surface area contributed by atoms with Crippen molar-refractivity contribution in [2.24, 2.45) is 34.4 Å². The maximum absolute atomic E-state index is 6.33. The van der Waals surface area contributed by atoms with Crippen LogP contribution in [0.25, 0.3) is 0 Å². The van der Waals surface area contributed by atoms with Gasteiger partial charge in [0, 0.05) is 24.2 Å². The monoisotopic (exact) mass is 232 g/mol. The fraction of sp³-hybridized carbons (Fsp3) is 1.00. The van der Waals surface area contributed by atoms with Crippen molar-refractivity contribution in [2.75, 3.05) is 0 Å². The second-order valence-corrected chi connectivity index (χ2v) is 5.02. The third kappa shape index (κ3) is 2.09. The van der Waals surface area contributed by atoms with Crippen LogP contribution in [0.1, 0.15) is 27.7 Å². The van der Waals surface area contributed by atoms with E-state index in [2.05, 4.69) is 0 Å². The summed E-state index contributed by atoms with van der Waals surface area (Å²) < 4.78 is 0. The summed E-state index contributed by atoms with van der Waals surface area (Å²) in [4.78, 5) is 0. The molecule has 0 rings (SSSR count). The molecule has 0 aromatic heterocycles. The Morgan fingerprint density at radius 2 is 0.688 bits per heavy atom. The van der Waals surface area contributed by atoms with Gasteiger partial charge in [0.1, 0.15) is 0 Å². The topological polar surface area (TPSA) is 156 Å². The number of hydrogen-bond acceptors (Lipinski definition) is 6. The highest BCUT2D eigenvalue weighted by atomic mass is 15.1. The van der Waals surface area contributed by atoms with Crippen molar-refractivity contribution >= 4 is 0 Å². The minimum absolute atomic E-state index is 0.408. The predicted molar refractivity (Wildman–Crippen MR) is 68.4 cm³/mol. The van der Waals surface area contributed by atoms with Crippen molar-refractivity contribution in [1.29, 1.82) is 0 Å². The lowest BCUT2D eigenvalue weighted by molar-refractivity contribution is 0.114. The number of hydrogen-bond donors (Lipinski definition) is 6. The Balaban J connectivity index is 5.64. The fourth-order valence-electron chi connectivity index (χ4n) is 2.41. The lowest BCUT2D eigenvalue weighted by Crippen LogP contribution is -2.86. The van der Waals surface area contributed by atoms with E-state index in [1.54, 1.807) is 27.7 Å². The largest absolute Gasteiger partial charge is 0.326 e. The molecular weight excluding hydrogens is 204 g/mol. The molecule has 6 heteroatoms. The summed E-state index contributed by atoms with van der Waals surface area (Å²) in [6.07, 6.45) is 0. The van der Waals surface area contributed by atoms with Crippen LogP contribution in [-0.4, -0.2) is 35.2 Å². The Bertz CT molecular complexity index is 183. The summed E-state index contributed by atoms with van der Waals surface area (Å²) in [5.41, 5.74) is 34.4. The summed E-state index contributed by atoms with van der Waals surface area (Å²) in [5.74, 6) is 0. The molecule has 0 aliphatic heterocycles. The molecule has 0 bridgehead atoms. The molecule has 0 radical (unpaired) electrons. The summed E-state index contributed by atoms with van der Waals surface area (Å²) in [7, 11) is 0. The minimum Gasteiger partial charge on any atom is -0.326 e. The van der Waals surface area contributed by atoms with Gasteiger partial charge in [0.05, 0.1) is 11.1 Å². The van der Waals surface area contributed by atoms with E-state index in [0.717, 1.165) is 0 Å². The third-order valence-electron chi connectivity index (χ3n) is 3.76. The van der Waals surface area contributed by atoms with Gasteiger partial charge in [-0.2, -0.15) is 0 Å². The van der Waals surface area contributed by atoms with Gasteiger partial charge >= 0.3 is 0 Å². The first-order chi connectivity index (χ1) is 7.02. The van der Waals surface area contributed by atoms with Crippen LogP contribution in [0.15, 0.2) is 0 Å². The molecule has 0 amide bonds. The normalized spacial score (nSPS) is 27.4. The molecule has 0 saturated heterocycles. The third-order valence-corrected chi connectivity index (χ3v) is 3.76. The van der Waals surface area contributed by atoms with Crippen molar-refractivity contribution in [2.45, 2.75) is 62.9 Å². The zero-order valence-electron chi connectivity index (χ0n) is 10.8. The Kier molecular flexibility index (Phi) is 4.88. The van der Waals surface area contributed by atoms with Gasteiger partial charge in [-0.3, -0.25) is 0 Å². The molecule has 0 fully saturated rings. The zero-order chi connectivity index (χ0) is 13.3. The highest BCUT2D eigenvalue weighted by Gasteiger charge is 2.55. The van der Waals surface area contributed by atoms with Crippen LogP contribution in [-0.2, 0) is 0 Å². The van der Waals surface area contributed by atoms with Crippen molar-refractivity contribution in [3.05, 3.63) is 0 Å². The highest BCUT2D eigenvalue weighted by molar-refractivity contribution is 5.21. The van der Waals surface area contributed by atoms with E-state index in [0.29, 0.717) is 0 Å². The molecule has 0 aliphatic carbocycles. The molecular formula is C10H28N6. The van der Waals surface area contributed by atoms with E-state index in [1.807, 2.05) is 0 Å². The predicted octanol–water partition coefficient (Wildman–Crippen LogP) is -2.23. The molecule has 0 heterocycles. The summed E-state index contributed by atoms with van der Waals surface area (Å²) in [6.45, 7) is 7.09. The molecule has 16 heavy (non-hydrogen) atoms. The van der Waals surface area contributed by atoms with Gasteiger partial charge in [-0.05, 0) is 27.7 Å². The van der Waals surface area contributed by atoms with E-state index in [1.165, 1.54) is 0 Å². The van der Waals surface area contributed by atoms with Crippen molar-refractivity contribution in [1.82, 2.24) is 0 Å². The summed E-state index contributed by atoms with van der Waals surface area (Å²) >= 11 is 0. The number of rotatable bonds is 5. The molecule has 4 unspecified atom stereocenters. The van der Waals surface area contributed by atoms with Gasteiger partial charge in [0.25, 0.3) is 0 Å². The van der Waals surface area contributed by atoms with Gasteiger partial charge in [-0.15, -0.1) is 0 Å². The molecule has 12 N–H and O–H groups in total. The Morgan fingerprint density at radius 1 is 0.562 bits per heavy atom. The summed E-state index contributed by atoms with van der Waals surface area (Å²) in [5, 5.41) is 0. The maximum Gasteiger partial charge on any atom is 0.0668 e. The average Bonchev–Trinajstić information content (AvgIpc) is 2.13. The average molecular weight is 232 g/mol. The highest BCUT2D eigenvalue weighted by Crippen LogP contribution is 2.28. The van der Waals surface area contributed by atoms with E-state index >= 15 is 0 Å². The van der Waals surface area contributed by atoms with Crippen LogP contribution in [0.4, 0.5) is 0 Å². The molecule has 6 nitrogen and oxygen atoms in total. The van der Waals surface area contributed by atoms with Crippen LogP contribution in [0.2, 0.25) is 0 Å². The first-order valence-electron chi connectivity index (χ1n) is 5.62. The van der Waals surface area contributed by atoms with Crippen LogP contribution in [0, 0.1) is 0 Å². The molecule has 0 aliphatic rings. The molecule has 4 atom stereocenters. The second-order valence-electron chi connectivity index (χ2n) is 5.02. The summed E-state index contributed by atoms with van der Waals surface area (Å²) in [6, 6.07) is -1.63. The van der Waals surface area contributed by atoms with Gasteiger partial charge in [-0.25, -0.2) is 0 Å². The quantitative estimate of drug-likeness (QED) is 0.315.